The summed E-state index contributed by atoms with van der Waals surface area (Å²) in [7, 11) is 7.02. The lowest BCUT2D eigenvalue weighted by Gasteiger charge is -2.51. The third-order valence-electron chi connectivity index (χ3n) is 13.9. The van der Waals surface area contributed by atoms with Gasteiger partial charge in [0.1, 0.15) is 0 Å². The molecular formula is C45H32O4. The van der Waals surface area contributed by atoms with E-state index in [0.29, 0.717) is 0 Å². The van der Waals surface area contributed by atoms with Crippen molar-refractivity contribution in [3.05, 3.63) is 188 Å². The topological polar surface area (TPSA) is 36.9 Å². The van der Waals surface area contributed by atoms with Crippen LogP contribution < -0.4 is 18.9 Å². The number of ether oxygens (including phenoxy) is 4. The Labute approximate surface area is 284 Å². The van der Waals surface area contributed by atoms with Crippen LogP contribution in [0.5, 0.6) is 23.0 Å². The van der Waals surface area contributed by atoms with Gasteiger partial charge in [-0.3, -0.25) is 0 Å². The molecule has 0 saturated heterocycles. The minimum atomic E-state index is -0.535. The fraction of sp³-hybridized carbons (Fsp3) is 0.200. The first-order valence-electron chi connectivity index (χ1n) is 17.1. The zero-order valence-corrected chi connectivity index (χ0v) is 27.7. The van der Waals surface area contributed by atoms with Crippen LogP contribution in [0.4, 0.5) is 0 Å². The maximum absolute atomic E-state index is 6.16. The fourth-order valence-corrected chi connectivity index (χ4v) is 13.4. The second-order valence-corrected chi connectivity index (χ2v) is 14.4. The van der Waals surface area contributed by atoms with Gasteiger partial charge < -0.3 is 18.9 Å². The van der Waals surface area contributed by atoms with E-state index in [1.165, 1.54) is 66.8 Å². The van der Waals surface area contributed by atoms with Gasteiger partial charge in [-0.15, -0.1) is 0 Å². The third-order valence-corrected chi connectivity index (χ3v) is 13.9. The second-order valence-electron chi connectivity index (χ2n) is 14.4. The highest BCUT2D eigenvalue weighted by Crippen LogP contribution is 2.99. The lowest BCUT2D eigenvalue weighted by atomic mass is 9.47. The highest BCUT2D eigenvalue weighted by molar-refractivity contribution is 5.99. The van der Waals surface area contributed by atoms with E-state index in [2.05, 4.69) is 121 Å². The maximum Gasteiger partial charge on any atom is 0.161 e. The highest BCUT2D eigenvalue weighted by Gasteiger charge is 2.99. The highest BCUT2D eigenvalue weighted by atomic mass is 16.5. The van der Waals surface area contributed by atoms with Crippen molar-refractivity contribution < 1.29 is 18.9 Å². The molecule has 6 aliphatic rings. The molecule has 12 rings (SSSR count). The Bertz CT molecular complexity index is 2100. The Balaban J connectivity index is 1.49. The zero-order chi connectivity index (χ0) is 32.7. The molecule has 0 radical (unpaired) electrons. The van der Waals surface area contributed by atoms with Crippen LogP contribution in [0.25, 0.3) is 0 Å². The van der Waals surface area contributed by atoms with E-state index in [4.69, 9.17) is 18.9 Å². The fourth-order valence-electron chi connectivity index (χ4n) is 13.4. The van der Waals surface area contributed by atoms with Crippen LogP contribution in [0.15, 0.2) is 121 Å². The van der Waals surface area contributed by atoms with E-state index in [1.807, 2.05) is 0 Å². The van der Waals surface area contributed by atoms with Crippen LogP contribution in [0, 0.1) is 5.41 Å². The van der Waals surface area contributed by atoms with E-state index in [9.17, 15) is 0 Å². The Morgan fingerprint density at radius 3 is 0.633 bits per heavy atom. The molecule has 4 heteroatoms. The molecule has 0 fully saturated rings. The molecule has 1 spiro atoms. The SMILES string of the molecule is COc1cc2c(cc1OC)C13c4ccccc4C45c6ccccc6C26c2ccccc2C(c2ccccc21)(c1cc(OC)c(OC)cc14)C635. The first-order chi connectivity index (χ1) is 24.1. The van der Waals surface area contributed by atoms with Crippen molar-refractivity contribution in [1.29, 1.82) is 0 Å². The molecule has 6 aliphatic carbocycles. The van der Waals surface area contributed by atoms with Gasteiger partial charge in [0.05, 0.1) is 50.1 Å². The predicted octanol–water partition coefficient (Wildman–Crippen LogP) is 8.03. The average molecular weight is 637 g/mol. The molecule has 0 atom stereocenters. The molecule has 0 aromatic heterocycles. The van der Waals surface area contributed by atoms with E-state index >= 15 is 0 Å². The molecular weight excluding hydrogens is 604 g/mol. The van der Waals surface area contributed by atoms with Crippen molar-refractivity contribution in [2.75, 3.05) is 28.4 Å². The first kappa shape index (κ1) is 26.5. The standard InChI is InChI=1S/C45H32O4/c1-46-37-21-33-34(22-38(37)47-2)42-29-17-9-11-19-31(29)43-27-15-7-5-13-25(27)41(33)26-14-6-8-16-28(26)44(45(41,42)43,32-20-12-10-18-30(32)42)36-24-40(49-4)39(48-3)23-35(36)43/h5-24H,1-4H3. The zero-order valence-electron chi connectivity index (χ0n) is 27.7. The van der Waals surface area contributed by atoms with Crippen molar-refractivity contribution >= 4 is 0 Å². The number of hydrogen-bond acceptors (Lipinski definition) is 4. The van der Waals surface area contributed by atoms with Crippen molar-refractivity contribution in [2.24, 2.45) is 5.41 Å². The summed E-state index contributed by atoms with van der Waals surface area (Å²) in [4.78, 5) is 0. The molecule has 4 nitrogen and oxygen atoms in total. The quantitative estimate of drug-likeness (QED) is 0.196. The lowest BCUT2D eigenvalue weighted by molar-refractivity contribution is 0.108. The van der Waals surface area contributed by atoms with Crippen LogP contribution >= 0.6 is 0 Å². The lowest BCUT2D eigenvalue weighted by Crippen LogP contribution is -2.57. The Morgan fingerprint density at radius 1 is 0.286 bits per heavy atom. The molecule has 0 N–H and O–H groups in total. The number of rotatable bonds is 4. The van der Waals surface area contributed by atoms with Gasteiger partial charge in [0.2, 0.25) is 0 Å². The van der Waals surface area contributed by atoms with E-state index < -0.39 is 27.1 Å². The van der Waals surface area contributed by atoms with Crippen molar-refractivity contribution in [3.8, 4) is 23.0 Å². The molecule has 6 aromatic carbocycles. The van der Waals surface area contributed by atoms with Crippen LogP contribution in [-0.2, 0) is 21.7 Å². The Kier molecular flexibility index (Phi) is 4.25. The largest absolute Gasteiger partial charge is 0.493 e. The molecule has 236 valence electrons. The number of fused-ring (bicyclic) bond motifs is 6. The predicted molar refractivity (Wildman–Crippen MR) is 187 cm³/mol. The molecule has 0 aliphatic heterocycles. The third kappa shape index (κ3) is 2.01. The average Bonchev–Trinajstić information content (AvgIpc) is 3.86. The van der Waals surface area contributed by atoms with Crippen LogP contribution in [0.3, 0.4) is 0 Å². The summed E-state index contributed by atoms with van der Waals surface area (Å²) < 4.78 is 24.6. The number of hydrogen-bond donors (Lipinski definition) is 0. The molecule has 6 aromatic rings. The van der Waals surface area contributed by atoms with Crippen LogP contribution in [0.1, 0.15) is 66.8 Å². The van der Waals surface area contributed by atoms with Crippen molar-refractivity contribution in [2.45, 2.75) is 21.7 Å². The van der Waals surface area contributed by atoms with Crippen LogP contribution in [-0.4, -0.2) is 28.4 Å². The van der Waals surface area contributed by atoms with E-state index in [-0.39, 0.29) is 0 Å². The summed E-state index contributed by atoms with van der Waals surface area (Å²) in [5, 5.41) is 0. The van der Waals surface area contributed by atoms with Gasteiger partial charge in [0.25, 0.3) is 0 Å². The molecule has 0 bridgehead atoms. The second kappa shape index (κ2) is 7.87. The number of benzene rings is 6. The van der Waals surface area contributed by atoms with E-state index in [1.54, 1.807) is 28.4 Å². The Hall–Kier alpha value is -5.48. The molecule has 0 heterocycles. The smallest absolute Gasteiger partial charge is 0.161 e. The van der Waals surface area contributed by atoms with Crippen molar-refractivity contribution in [1.82, 2.24) is 0 Å². The first-order valence-corrected chi connectivity index (χ1v) is 17.1. The maximum atomic E-state index is 6.16. The molecule has 0 unspecified atom stereocenters. The van der Waals surface area contributed by atoms with Gasteiger partial charge in [-0.1, -0.05) is 97.1 Å². The molecule has 0 saturated carbocycles. The monoisotopic (exact) mass is 636 g/mol. The summed E-state index contributed by atoms with van der Waals surface area (Å²) in [5.41, 5.74) is 13.6. The van der Waals surface area contributed by atoms with Gasteiger partial charge >= 0.3 is 0 Å². The summed E-state index contributed by atoms with van der Waals surface area (Å²) in [6, 6.07) is 46.6. The normalized spacial score (nSPS) is 29.6. The van der Waals surface area contributed by atoms with Gasteiger partial charge in [-0.05, 0) is 91.0 Å². The minimum absolute atomic E-state index is 0.486. The molecule has 0 amide bonds. The van der Waals surface area contributed by atoms with Crippen LogP contribution in [0.2, 0.25) is 0 Å². The summed E-state index contributed by atoms with van der Waals surface area (Å²) in [6.07, 6.45) is 0. The van der Waals surface area contributed by atoms with Gasteiger partial charge in [-0.2, -0.15) is 0 Å². The number of methoxy groups -OCH3 is 4. The van der Waals surface area contributed by atoms with Gasteiger partial charge in [0.15, 0.2) is 23.0 Å². The van der Waals surface area contributed by atoms with Gasteiger partial charge in [-0.25, -0.2) is 0 Å². The summed E-state index contributed by atoms with van der Waals surface area (Å²) >= 11 is 0. The summed E-state index contributed by atoms with van der Waals surface area (Å²) in [5.74, 6) is 3.03. The molecule has 49 heavy (non-hydrogen) atoms. The Morgan fingerprint density at radius 2 is 0.469 bits per heavy atom. The van der Waals surface area contributed by atoms with E-state index in [0.717, 1.165) is 23.0 Å². The van der Waals surface area contributed by atoms with Crippen molar-refractivity contribution in [3.63, 3.8) is 0 Å². The summed E-state index contributed by atoms with van der Waals surface area (Å²) in [6.45, 7) is 0. The minimum Gasteiger partial charge on any atom is -0.493 e. The van der Waals surface area contributed by atoms with Gasteiger partial charge in [0, 0.05) is 5.41 Å².